The SMILES string of the molecule is Cc1nccn1-c1ccccc1CNS(=O)(=O)c1cc(Cl)ccc1Cl. The molecule has 1 aromatic heterocycles. The number of hydrogen-bond donors (Lipinski definition) is 1. The second-order valence-electron chi connectivity index (χ2n) is 5.37. The Kier molecular flexibility index (Phi) is 5.15. The van der Waals surface area contributed by atoms with Gasteiger partial charge in [0.25, 0.3) is 0 Å². The van der Waals surface area contributed by atoms with Crippen LogP contribution in [0, 0.1) is 6.92 Å². The van der Waals surface area contributed by atoms with E-state index in [0.29, 0.717) is 5.02 Å². The molecule has 8 heteroatoms. The van der Waals surface area contributed by atoms with Crippen LogP contribution >= 0.6 is 23.2 Å². The molecule has 1 heterocycles. The third kappa shape index (κ3) is 3.88. The number of aryl methyl sites for hydroxylation is 1. The molecule has 130 valence electrons. The summed E-state index contributed by atoms with van der Waals surface area (Å²) < 4.78 is 29.6. The summed E-state index contributed by atoms with van der Waals surface area (Å²) in [5.41, 5.74) is 1.67. The Balaban J connectivity index is 1.90. The first kappa shape index (κ1) is 17.9. The lowest BCUT2D eigenvalue weighted by Crippen LogP contribution is -2.24. The van der Waals surface area contributed by atoms with Gasteiger partial charge in [0.05, 0.1) is 10.7 Å². The Bertz CT molecular complexity index is 1020. The molecule has 0 atom stereocenters. The maximum atomic E-state index is 12.6. The Labute approximate surface area is 156 Å². The minimum atomic E-state index is -3.80. The van der Waals surface area contributed by atoms with Gasteiger partial charge in [0, 0.05) is 24.0 Å². The van der Waals surface area contributed by atoms with Crippen LogP contribution in [0.3, 0.4) is 0 Å². The minimum absolute atomic E-state index is 0.0436. The van der Waals surface area contributed by atoms with E-state index in [9.17, 15) is 8.42 Å². The molecule has 0 aliphatic heterocycles. The number of rotatable bonds is 5. The molecule has 25 heavy (non-hydrogen) atoms. The quantitative estimate of drug-likeness (QED) is 0.710. The van der Waals surface area contributed by atoms with E-state index < -0.39 is 10.0 Å². The molecular weight excluding hydrogens is 381 g/mol. The fraction of sp³-hybridized carbons (Fsp3) is 0.118. The highest BCUT2D eigenvalue weighted by atomic mass is 35.5. The first-order chi connectivity index (χ1) is 11.9. The molecule has 0 radical (unpaired) electrons. The van der Waals surface area contributed by atoms with Gasteiger partial charge in [-0.1, -0.05) is 41.4 Å². The van der Waals surface area contributed by atoms with Crippen LogP contribution in [0.2, 0.25) is 10.0 Å². The summed E-state index contributed by atoms with van der Waals surface area (Å²) in [5.74, 6) is 0.813. The summed E-state index contributed by atoms with van der Waals surface area (Å²) in [7, 11) is -3.80. The molecule has 0 aliphatic carbocycles. The summed E-state index contributed by atoms with van der Waals surface area (Å²) in [6.07, 6.45) is 3.53. The van der Waals surface area contributed by atoms with E-state index >= 15 is 0 Å². The van der Waals surface area contributed by atoms with Crippen molar-refractivity contribution in [2.75, 3.05) is 0 Å². The zero-order chi connectivity index (χ0) is 18.0. The number of nitrogens with zero attached hydrogens (tertiary/aromatic N) is 2. The van der Waals surface area contributed by atoms with Crippen LogP contribution in [0.4, 0.5) is 0 Å². The van der Waals surface area contributed by atoms with Crippen molar-refractivity contribution in [1.29, 1.82) is 0 Å². The molecule has 0 saturated heterocycles. The van der Waals surface area contributed by atoms with Crippen LogP contribution in [0.5, 0.6) is 0 Å². The molecule has 0 spiro atoms. The normalized spacial score (nSPS) is 11.6. The van der Waals surface area contributed by atoms with E-state index in [4.69, 9.17) is 23.2 Å². The predicted octanol–water partition coefficient (Wildman–Crippen LogP) is 3.97. The molecule has 3 aromatic rings. The molecule has 0 aliphatic rings. The number of sulfonamides is 1. The number of imidazole rings is 1. The fourth-order valence-electron chi connectivity index (χ4n) is 2.46. The standard InChI is InChI=1S/C17H15Cl2N3O2S/c1-12-20-8-9-22(12)16-5-3-2-4-13(16)11-21-25(23,24)17-10-14(18)6-7-15(17)19/h2-10,21H,11H2,1H3. The summed E-state index contributed by atoms with van der Waals surface area (Å²) in [4.78, 5) is 4.16. The molecule has 0 amide bonds. The number of hydrogen-bond acceptors (Lipinski definition) is 3. The lowest BCUT2D eigenvalue weighted by Gasteiger charge is -2.13. The number of nitrogens with one attached hydrogen (secondary N) is 1. The predicted molar refractivity (Wildman–Crippen MR) is 98.8 cm³/mol. The topological polar surface area (TPSA) is 64.0 Å². The van der Waals surface area contributed by atoms with Crippen molar-refractivity contribution in [2.24, 2.45) is 0 Å². The van der Waals surface area contributed by atoms with Crippen LogP contribution in [0.25, 0.3) is 5.69 Å². The van der Waals surface area contributed by atoms with Crippen LogP contribution in [-0.2, 0) is 16.6 Å². The van der Waals surface area contributed by atoms with E-state index in [1.54, 1.807) is 12.3 Å². The summed E-state index contributed by atoms with van der Waals surface area (Å²) in [5, 5.41) is 0.426. The first-order valence-electron chi connectivity index (χ1n) is 7.41. The van der Waals surface area contributed by atoms with Gasteiger partial charge in [-0.15, -0.1) is 0 Å². The summed E-state index contributed by atoms with van der Waals surface area (Å²) in [6.45, 7) is 1.99. The van der Waals surface area contributed by atoms with Crippen molar-refractivity contribution in [3.05, 3.63) is 76.3 Å². The molecule has 2 aromatic carbocycles. The minimum Gasteiger partial charge on any atom is -0.304 e. The van der Waals surface area contributed by atoms with Crippen molar-refractivity contribution < 1.29 is 8.42 Å². The second kappa shape index (κ2) is 7.17. The molecule has 5 nitrogen and oxygen atoms in total. The summed E-state index contributed by atoms with van der Waals surface area (Å²) in [6, 6.07) is 11.8. The fourth-order valence-corrected chi connectivity index (χ4v) is 4.23. The third-order valence-corrected chi connectivity index (χ3v) is 5.83. The van der Waals surface area contributed by atoms with Crippen LogP contribution < -0.4 is 4.72 Å². The maximum Gasteiger partial charge on any atom is 0.242 e. The van der Waals surface area contributed by atoms with E-state index in [1.807, 2.05) is 42.0 Å². The lowest BCUT2D eigenvalue weighted by atomic mass is 10.2. The van der Waals surface area contributed by atoms with Crippen molar-refractivity contribution in [1.82, 2.24) is 14.3 Å². The average Bonchev–Trinajstić information content (AvgIpc) is 3.01. The average molecular weight is 396 g/mol. The maximum absolute atomic E-state index is 12.6. The number of halogens is 2. The highest BCUT2D eigenvalue weighted by Gasteiger charge is 2.19. The van der Waals surface area contributed by atoms with E-state index in [-0.39, 0.29) is 16.5 Å². The number of benzene rings is 2. The van der Waals surface area contributed by atoms with Gasteiger partial charge in [-0.25, -0.2) is 18.1 Å². The van der Waals surface area contributed by atoms with Gasteiger partial charge in [-0.05, 0) is 36.8 Å². The van der Waals surface area contributed by atoms with E-state index in [0.717, 1.165) is 17.1 Å². The van der Waals surface area contributed by atoms with Crippen molar-refractivity contribution >= 4 is 33.2 Å². The molecule has 1 N–H and O–H groups in total. The second-order valence-corrected chi connectivity index (χ2v) is 7.95. The van der Waals surface area contributed by atoms with Crippen LogP contribution in [0.15, 0.2) is 59.8 Å². The smallest absolute Gasteiger partial charge is 0.242 e. The Hall–Kier alpha value is -1.86. The molecule has 0 saturated carbocycles. The zero-order valence-electron chi connectivity index (χ0n) is 13.3. The number of aromatic nitrogens is 2. The van der Waals surface area contributed by atoms with Gasteiger partial charge in [0.15, 0.2) is 0 Å². The summed E-state index contributed by atoms with van der Waals surface area (Å²) >= 11 is 11.9. The Morgan fingerprint density at radius 3 is 2.64 bits per heavy atom. The van der Waals surface area contributed by atoms with Crippen molar-refractivity contribution in [2.45, 2.75) is 18.4 Å². The van der Waals surface area contributed by atoms with Gasteiger partial charge < -0.3 is 4.57 Å². The molecular formula is C17H15Cl2N3O2S. The van der Waals surface area contributed by atoms with Gasteiger partial charge in [-0.3, -0.25) is 0 Å². The monoisotopic (exact) mass is 395 g/mol. The van der Waals surface area contributed by atoms with Gasteiger partial charge >= 0.3 is 0 Å². The highest BCUT2D eigenvalue weighted by molar-refractivity contribution is 7.89. The Morgan fingerprint density at radius 2 is 1.92 bits per heavy atom. The zero-order valence-corrected chi connectivity index (χ0v) is 15.6. The molecule has 0 unspecified atom stereocenters. The van der Waals surface area contributed by atoms with Crippen LogP contribution in [-0.4, -0.2) is 18.0 Å². The largest absolute Gasteiger partial charge is 0.304 e. The van der Waals surface area contributed by atoms with Gasteiger partial charge in [0.1, 0.15) is 10.7 Å². The Morgan fingerprint density at radius 1 is 1.16 bits per heavy atom. The van der Waals surface area contributed by atoms with Crippen molar-refractivity contribution in [3.63, 3.8) is 0 Å². The lowest BCUT2D eigenvalue weighted by molar-refractivity contribution is 0.581. The number of para-hydroxylation sites is 1. The van der Waals surface area contributed by atoms with Gasteiger partial charge in [0.2, 0.25) is 10.0 Å². The van der Waals surface area contributed by atoms with Gasteiger partial charge in [-0.2, -0.15) is 0 Å². The van der Waals surface area contributed by atoms with Crippen molar-refractivity contribution in [3.8, 4) is 5.69 Å². The third-order valence-electron chi connectivity index (χ3n) is 3.71. The van der Waals surface area contributed by atoms with E-state index in [1.165, 1.54) is 12.1 Å². The molecule has 0 fully saturated rings. The van der Waals surface area contributed by atoms with E-state index in [2.05, 4.69) is 9.71 Å². The first-order valence-corrected chi connectivity index (χ1v) is 9.65. The molecule has 0 bridgehead atoms. The molecule has 3 rings (SSSR count). The van der Waals surface area contributed by atoms with Crippen LogP contribution in [0.1, 0.15) is 11.4 Å². The highest BCUT2D eigenvalue weighted by Crippen LogP contribution is 2.25.